The quantitative estimate of drug-likeness (QED) is 0.178. The highest BCUT2D eigenvalue weighted by Crippen LogP contribution is 2.57. The summed E-state index contributed by atoms with van der Waals surface area (Å²) in [5.74, 6) is 0. The van der Waals surface area contributed by atoms with Crippen molar-refractivity contribution in [2.75, 3.05) is 0 Å². The SMILES string of the molecule is FC(F)c1ccc(-c2c[nH]nc2C(F)(F)F)cc1C(SC(c1cc(-c2c[nH]nc2C(F)(F)F)ccc1C(F)F)C(F)(F)F)C(F)(F)F. The van der Waals surface area contributed by atoms with Crippen LogP contribution in [0.1, 0.15) is 57.0 Å². The molecule has 0 aliphatic rings. The molecule has 256 valence electrons. The van der Waals surface area contributed by atoms with Crippen LogP contribution in [0.3, 0.4) is 0 Å². The van der Waals surface area contributed by atoms with Crippen LogP contribution in [0.25, 0.3) is 22.3 Å². The van der Waals surface area contributed by atoms with Crippen molar-refractivity contribution >= 4 is 11.8 Å². The summed E-state index contributed by atoms with van der Waals surface area (Å²) < 4.78 is 223. The molecule has 4 rings (SSSR count). The minimum atomic E-state index is -5.88. The Bertz CT molecular complexity index is 1570. The average molecular weight is 718 g/mol. The molecule has 2 atom stereocenters. The Morgan fingerprint density at radius 1 is 0.511 bits per heavy atom. The maximum Gasteiger partial charge on any atom is 0.435 e. The minimum absolute atomic E-state index is 0.145. The molecule has 47 heavy (non-hydrogen) atoms. The van der Waals surface area contributed by atoms with E-state index in [2.05, 4.69) is 10.2 Å². The molecule has 2 unspecified atom stereocenters. The fourth-order valence-electron chi connectivity index (χ4n) is 4.58. The van der Waals surface area contributed by atoms with Crippen molar-refractivity contribution in [2.45, 2.75) is 48.1 Å². The molecule has 2 N–H and O–H groups in total. The van der Waals surface area contributed by atoms with Crippen LogP contribution in [-0.4, -0.2) is 32.7 Å². The number of rotatable bonds is 8. The summed E-state index contributed by atoms with van der Waals surface area (Å²) in [6.45, 7) is 0. The van der Waals surface area contributed by atoms with Crippen LogP contribution in [0.5, 0.6) is 0 Å². The Hall–Kier alpha value is -3.91. The Labute approximate surface area is 255 Å². The van der Waals surface area contributed by atoms with E-state index in [9.17, 15) is 70.2 Å². The van der Waals surface area contributed by atoms with Crippen LogP contribution < -0.4 is 0 Å². The van der Waals surface area contributed by atoms with Gasteiger partial charge in [-0.3, -0.25) is 10.2 Å². The van der Waals surface area contributed by atoms with Gasteiger partial charge in [0, 0.05) is 34.6 Å². The molecular formula is C26H14F16N4S. The number of H-pyrrole nitrogens is 2. The molecule has 0 aliphatic carbocycles. The number of nitrogens with zero attached hydrogens (tertiary/aromatic N) is 2. The first kappa shape index (κ1) is 35.9. The zero-order chi connectivity index (χ0) is 35.3. The van der Waals surface area contributed by atoms with Crippen LogP contribution in [-0.2, 0) is 12.4 Å². The summed E-state index contributed by atoms with van der Waals surface area (Å²) in [6, 6.07) is 1.90. The van der Waals surface area contributed by atoms with E-state index >= 15 is 0 Å². The van der Waals surface area contributed by atoms with Gasteiger partial charge in [-0.15, -0.1) is 11.8 Å². The number of alkyl halides is 16. The average Bonchev–Trinajstić information content (AvgIpc) is 3.62. The molecule has 2 aromatic carbocycles. The number of aromatic amines is 2. The van der Waals surface area contributed by atoms with E-state index in [1.54, 1.807) is 10.2 Å². The monoisotopic (exact) mass is 718 g/mol. The molecule has 4 nitrogen and oxygen atoms in total. The lowest BCUT2D eigenvalue weighted by atomic mass is 9.96. The molecule has 0 radical (unpaired) electrons. The molecule has 0 spiro atoms. The van der Waals surface area contributed by atoms with Crippen LogP contribution in [0.2, 0.25) is 0 Å². The lowest BCUT2D eigenvalue weighted by Crippen LogP contribution is -2.26. The number of halogens is 16. The summed E-state index contributed by atoms with van der Waals surface area (Å²) in [7, 11) is 0. The molecule has 0 aliphatic heterocycles. The van der Waals surface area contributed by atoms with Gasteiger partial charge in [-0.05, 0) is 34.4 Å². The van der Waals surface area contributed by atoms with Gasteiger partial charge in [0.05, 0.1) is 0 Å². The van der Waals surface area contributed by atoms with E-state index in [-0.39, 0.29) is 24.3 Å². The molecule has 0 saturated heterocycles. The lowest BCUT2D eigenvalue weighted by Gasteiger charge is -2.30. The summed E-state index contributed by atoms with van der Waals surface area (Å²) in [4.78, 5) is 0. The van der Waals surface area contributed by atoms with Gasteiger partial charge in [0.2, 0.25) is 0 Å². The number of hydrogen-bond donors (Lipinski definition) is 2. The number of hydrogen-bond acceptors (Lipinski definition) is 3. The molecule has 21 heteroatoms. The van der Waals surface area contributed by atoms with Crippen molar-refractivity contribution in [2.24, 2.45) is 0 Å². The predicted octanol–water partition coefficient (Wildman–Crippen LogP) is 11.0. The summed E-state index contributed by atoms with van der Waals surface area (Å²) in [5, 5.41) is 2.14. The fourth-order valence-corrected chi connectivity index (χ4v) is 5.86. The van der Waals surface area contributed by atoms with Crippen LogP contribution >= 0.6 is 11.8 Å². The number of aromatic nitrogens is 4. The first-order valence-electron chi connectivity index (χ1n) is 12.4. The van der Waals surface area contributed by atoms with E-state index in [0.717, 1.165) is 0 Å². The van der Waals surface area contributed by atoms with Gasteiger partial charge in [-0.2, -0.15) is 62.9 Å². The number of benzene rings is 2. The summed E-state index contributed by atoms with van der Waals surface area (Å²) in [5.41, 5.74) is -13.3. The van der Waals surface area contributed by atoms with Crippen LogP contribution in [0.15, 0.2) is 48.8 Å². The van der Waals surface area contributed by atoms with Gasteiger partial charge >= 0.3 is 24.7 Å². The normalized spacial score (nSPS) is 14.7. The van der Waals surface area contributed by atoms with Gasteiger partial charge < -0.3 is 0 Å². The second-order valence-corrected chi connectivity index (χ2v) is 10.8. The van der Waals surface area contributed by atoms with E-state index in [1.807, 2.05) is 0 Å². The van der Waals surface area contributed by atoms with Gasteiger partial charge in [-0.1, -0.05) is 24.3 Å². The molecule has 0 saturated carbocycles. The van der Waals surface area contributed by atoms with Crippen molar-refractivity contribution in [1.29, 1.82) is 0 Å². The fraction of sp³-hybridized carbons (Fsp3) is 0.308. The smallest absolute Gasteiger partial charge is 0.284 e. The number of nitrogens with one attached hydrogen (secondary N) is 2. The molecule has 2 aromatic heterocycles. The van der Waals surface area contributed by atoms with Gasteiger partial charge in [0.1, 0.15) is 10.5 Å². The van der Waals surface area contributed by atoms with Crippen molar-refractivity contribution in [1.82, 2.24) is 20.4 Å². The van der Waals surface area contributed by atoms with E-state index in [4.69, 9.17) is 0 Å². The Balaban J connectivity index is 1.94. The number of thioether (sulfide) groups is 1. The van der Waals surface area contributed by atoms with Crippen molar-refractivity contribution < 1.29 is 70.2 Å². The third-order valence-electron chi connectivity index (χ3n) is 6.52. The highest BCUT2D eigenvalue weighted by Gasteiger charge is 2.52. The first-order valence-corrected chi connectivity index (χ1v) is 13.3. The topological polar surface area (TPSA) is 57.4 Å². The maximum atomic E-state index is 14.5. The minimum Gasteiger partial charge on any atom is -0.284 e. The molecule has 4 aromatic rings. The lowest BCUT2D eigenvalue weighted by molar-refractivity contribution is -0.141. The standard InChI is InChI=1S/C26H14F16N4S/c27-21(28)11-3-1-9(15-7-43-45-17(15)23(31,32)33)5-13(11)19(25(37,38)39)47-20(26(40,41)42)14-6-10(2-4-12(14)22(29)30)16-8-44-46-18(16)24(34,35)36/h1-8,19-22H,(H,43,45)(H,44,46). The van der Waals surface area contributed by atoms with Gasteiger partial charge in [-0.25, -0.2) is 17.6 Å². The third-order valence-corrected chi connectivity index (χ3v) is 8.10. The first-order chi connectivity index (χ1) is 21.5. The zero-order valence-corrected chi connectivity index (χ0v) is 23.1. The Morgan fingerprint density at radius 2 is 0.851 bits per heavy atom. The molecular weight excluding hydrogens is 704 g/mol. The molecule has 2 heterocycles. The second-order valence-electron chi connectivity index (χ2n) is 9.56. The Morgan fingerprint density at radius 3 is 1.13 bits per heavy atom. The Kier molecular flexibility index (Phi) is 9.64. The largest absolute Gasteiger partial charge is 0.435 e. The van der Waals surface area contributed by atoms with Crippen LogP contribution in [0, 0.1) is 0 Å². The van der Waals surface area contributed by atoms with Crippen molar-refractivity contribution in [3.8, 4) is 22.3 Å². The summed E-state index contributed by atoms with van der Waals surface area (Å²) in [6.07, 6.45) is -28.7. The molecule has 0 fully saturated rings. The predicted molar refractivity (Wildman–Crippen MR) is 133 cm³/mol. The zero-order valence-electron chi connectivity index (χ0n) is 22.3. The van der Waals surface area contributed by atoms with E-state index in [0.29, 0.717) is 24.5 Å². The molecule has 0 bridgehead atoms. The highest BCUT2D eigenvalue weighted by molar-refractivity contribution is 7.99. The van der Waals surface area contributed by atoms with E-state index < -0.39 is 116 Å². The van der Waals surface area contributed by atoms with Crippen molar-refractivity contribution in [3.63, 3.8) is 0 Å². The van der Waals surface area contributed by atoms with E-state index in [1.165, 1.54) is 0 Å². The highest BCUT2D eigenvalue weighted by atomic mass is 32.2. The molecule has 0 amide bonds. The third kappa shape index (κ3) is 7.64. The van der Waals surface area contributed by atoms with Gasteiger partial charge in [0.15, 0.2) is 11.4 Å². The maximum absolute atomic E-state index is 14.5. The summed E-state index contributed by atoms with van der Waals surface area (Å²) >= 11 is -1.20. The van der Waals surface area contributed by atoms with Gasteiger partial charge in [0.25, 0.3) is 12.9 Å². The van der Waals surface area contributed by atoms with Crippen molar-refractivity contribution in [3.05, 3.63) is 82.4 Å². The second kappa shape index (κ2) is 12.6. The van der Waals surface area contributed by atoms with Crippen LogP contribution in [0.4, 0.5) is 70.2 Å².